The van der Waals surface area contributed by atoms with Crippen molar-refractivity contribution in [2.24, 2.45) is 7.05 Å². The quantitative estimate of drug-likeness (QED) is 0.0584. The van der Waals surface area contributed by atoms with Gasteiger partial charge >= 0.3 is 0 Å². The lowest BCUT2D eigenvalue weighted by atomic mass is 9.89. The van der Waals surface area contributed by atoms with Crippen LogP contribution in [0.5, 0.6) is 11.5 Å². The number of carbonyl (C=O) groups excluding carboxylic acids is 4. The summed E-state index contributed by atoms with van der Waals surface area (Å²) >= 11 is 6.48. The number of anilines is 3. The molecular weight excluding hydrogens is 866 g/mol. The standard InChI is InChI=1S/C45H54ClN7O12/c1-45(10-7-39(55)49-43(45)58)53-29-31-26-34(4-5-35(31)41(53)56)64-24-22-62-20-18-60-16-15-59-17-19-61-21-23-63-33-8-11-52(12-9-33)44-47-28-36(46)40(50-44)48-32-3-6-37-30(25-32)27-38(65-14-13-54)42(57)51(37)2/h3-6,13,25-28,33H,7-12,14-24,29H2,1-2H3,(H,47,48,50)(H,49,55,58). The molecule has 65 heavy (non-hydrogen) atoms. The molecule has 19 nitrogen and oxygen atoms in total. The molecule has 0 aliphatic carbocycles. The third kappa shape index (κ3) is 12.0. The molecule has 2 aromatic carbocycles. The smallest absolute Gasteiger partial charge is 0.293 e. The van der Waals surface area contributed by atoms with E-state index in [4.69, 9.17) is 49.7 Å². The topological polar surface area (TPSA) is 211 Å². The number of carbonyl (C=O) groups is 4. The van der Waals surface area contributed by atoms with E-state index in [1.165, 1.54) is 9.47 Å². The highest BCUT2D eigenvalue weighted by Gasteiger charge is 2.48. The summed E-state index contributed by atoms with van der Waals surface area (Å²) in [7, 11) is 1.65. The Labute approximate surface area is 380 Å². The number of aryl methyl sites for hydroxylation is 1. The Kier molecular flexibility index (Phi) is 16.3. The Balaban J connectivity index is 0.692. The van der Waals surface area contributed by atoms with Gasteiger partial charge < -0.3 is 52.8 Å². The summed E-state index contributed by atoms with van der Waals surface area (Å²) in [5.74, 6) is 0.689. The van der Waals surface area contributed by atoms with Crippen LogP contribution in [0.25, 0.3) is 10.9 Å². The third-order valence-electron chi connectivity index (χ3n) is 11.5. The molecular formula is C45H54ClN7O12. The van der Waals surface area contributed by atoms with E-state index in [0.717, 1.165) is 23.8 Å². The fourth-order valence-electron chi connectivity index (χ4n) is 7.81. The molecule has 2 saturated heterocycles. The Morgan fingerprint density at radius 3 is 2.26 bits per heavy atom. The second-order valence-corrected chi connectivity index (χ2v) is 16.2. The Hall–Kier alpha value is -5.70. The molecule has 3 aliphatic heterocycles. The van der Waals surface area contributed by atoms with Gasteiger partial charge in [-0.2, -0.15) is 4.98 Å². The van der Waals surface area contributed by atoms with Crippen molar-refractivity contribution in [3.05, 3.63) is 75.2 Å². The van der Waals surface area contributed by atoms with Gasteiger partial charge in [0.2, 0.25) is 11.9 Å². The van der Waals surface area contributed by atoms with Gasteiger partial charge in [0.25, 0.3) is 17.4 Å². The van der Waals surface area contributed by atoms with Gasteiger partial charge in [0, 0.05) is 49.7 Å². The van der Waals surface area contributed by atoms with Crippen LogP contribution < -0.4 is 30.6 Å². The van der Waals surface area contributed by atoms with E-state index in [-0.39, 0.29) is 55.2 Å². The number of aromatic nitrogens is 3. The van der Waals surface area contributed by atoms with Gasteiger partial charge in [-0.3, -0.25) is 29.3 Å². The van der Waals surface area contributed by atoms with E-state index in [1.807, 2.05) is 24.3 Å². The van der Waals surface area contributed by atoms with E-state index < -0.39 is 11.4 Å². The first-order valence-corrected chi connectivity index (χ1v) is 22.0. The number of ether oxygens (including phenoxy) is 7. The molecule has 5 heterocycles. The average Bonchev–Trinajstić information content (AvgIpc) is 3.64. The molecule has 0 spiro atoms. The first-order valence-electron chi connectivity index (χ1n) is 21.6. The molecule has 0 bridgehead atoms. The summed E-state index contributed by atoms with van der Waals surface area (Å²) in [6.07, 6.45) is 4.36. The zero-order valence-corrected chi connectivity index (χ0v) is 37.3. The number of nitrogens with zero attached hydrogens (tertiary/aromatic N) is 5. The first-order chi connectivity index (χ1) is 31.5. The third-order valence-corrected chi connectivity index (χ3v) is 11.7. The number of nitrogens with one attached hydrogen (secondary N) is 2. The maximum absolute atomic E-state index is 13.1. The minimum Gasteiger partial charge on any atom is -0.491 e. The van der Waals surface area contributed by atoms with Gasteiger partial charge in [-0.1, -0.05) is 11.6 Å². The second-order valence-electron chi connectivity index (χ2n) is 15.8. The lowest BCUT2D eigenvalue weighted by Crippen LogP contribution is -2.61. The number of aldehydes is 1. The molecule has 0 saturated carbocycles. The SMILES string of the molecule is Cn1c(=O)c(OCC=O)cc2cc(Nc3nc(N4CCC(OCCOCCOCCOCCOCCOc5ccc6c(c5)CN(C5(C)CCC(=O)NC5=O)C6=O)CC4)ncc3Cl)ccc21. The number of piperidine rings is 2. The Morgan fingerprint density at radius 1 is 0.877 bits per heavy atom. The van der Waals surface area contributed by atoms with Crippen LogP contribution in [-0.2, 0) is 51.7 Å². The molecule has 20 heteroatoms. The van der Waals surface area contributed by atoms with E-state index >= 15 is 0 Å². The second kappa shape index (κ2) is 22.5. The van der Waals surface area contributed by atoms with Gasteiger partial charge in [0.05, 0.1) is 77.3 Å². The molecule has 3 aliphatic rings. The molecule has 0 radical (unpaired) electrons. The highest BCUT2D eigenvalue weighted by Crippen LogP contribution is 2.35. The van der Waals surface area contributed by atoms with Crippen molar-refractivity contribution < 1.29 is 52.3 Å². The summed E-state index contributed by atoms with van der Waals surface area (Å²) < 4.78 is 41.2. The number of benzene rings is 2. The predicted molar refractivity (Wildman–Crippen MR) is 238 cm³/mol. The summed E-state index contributed by atoms with van der Waals surface area (Å²) in [5, 5.41) is 6.71. The predicted octanol–water partition coefficient (Wildman–Crippen LogP) is 3.59. The molecule has 2 aromatic heterocycles. The van der Waals surface area contributed by atoms with Crippen LogP contribution in [0, 0.1) is 0 Å². The van der Waals surface area contributed by atoms with E-state index in [0.29, 0.717) is 125 Å². The minimum absolute atomic E-state index is 0.0898. The monoisotopic (exact) mass is 919 g/mol. The van der Waals surface area contributed by atoms with Crippen molar-refractivity contribution in [3.8, 4) is 11.5 Å². The molecule has 4 aromatic rings. The van der Waals surface area contributed by atoms with Crippen molar-refractivity contribution >= 4 is 64.0 Å². The lowest BCUT2D eigenvalue weighted by Gasteiger charge is -2.39. The van der Waals surface area contributed by atoms with Gasteiger partial charge in [-0.15, -0.1) is 0 Å². The number of hydrogen-bond acceptors (Lipinski definition) is 16. The molecule has 348 valence electrons. The maximum Gasteiger partial charge on any atom is 0.293 e. The zero-order valence-electron chi connectivity index (χ0n) is 36.5. The molecule has 2 N–H and O–H groups in total. The number of fused-ring (bicyclic) bond motifs is 2. The Bertz CT molecular complexity index is 2390. The number of hydrogen-bond donors (Lipinski definition) is 2. The van der Waals surface area contributed by atoms with Gasteiger partial charge in [-0.25, -0.2) is 4.98 Å². The molecule has 7 rings (SSSR count). The molecule has 2 fully saturated rings. The highest BCUT2D eigenvalue weighted by molar-refractivity contribution is 6.33. The van der Waals surface area contributed by atoms with Crippen molar-refractivity contribution in [1.29, 1.82) is 0 Å². The lowest BCUT2D eigenvalue weighted by molar-refractivity contribution is -0.142. The average molecular weight is 920 g/mol. The fourth-order valence-corrected chi connectivity index (χ4v) is 7.94. The van der Waals surface area contributed by atoms with Crippen molar-refractivity contribution in [1.82, 2.24) is 24.8 Å². The number of halogens is 1. The van der Waals surface area contributed by atoms with Crippen LogP contribution in [0.3, 0.4) is 0 Å². The first kappa shape index (κ1) is 47.3. The number of pyridine rings is 1. The Morgan fingerprint density at radius 2 is 1.57 bits per heavy atom. The van der Waals surface area contributed by atoms with Gasteiger partial charge in [0.15, 0.2) is 17.9 Å². The van der Waals surface area contributed by atoms with E-state index in [9.17, 15) is 24.0 Å². The van der Waals surface area contributed by atoms with Crippen molar-refractivity contribution in [3.63, 3.8) is 0 Å². The van der Waals surface area contributed by atoms with E-state index in [1.54, 1.807) is 38.4 Å². The zero-order chi connectivity index (χ0) is 45.8. The summed E-state index contributed by atoms with van der Waals surface area (Å²) in [4.78, 5) is 73.5. The van der Waals surface area contributed by atoms with Crippen LogP contribution in [0.4, 0.5) is 17.5 Å². The van der Waals surface area contributed by atoms with Crippen LogP contribution in [0.15, 0.2) is 53.5 Å². The normalized spacial score (nSPS) is 17.7. The van der Waals surface area contributed by atoms with Crippen molar-refractivity contribution in [2.75, 3.05) is 96.0 Å². The number of rotatable bonds is 24. The van der Waals surface area contributed by atoms with Crippen LogP contribution in [0.1, 0.15) is 48.5 Å². The van der Waals surface area contributed by atoms with Crippen LogP contribution >= 0.6 is 11.6 Å². The highest BCUT2D eigenvalue weighted by atomic mass is 35.5. The fraction of sp³-hybridized carbons (Fsp3) is 0.489. The number of imide groups is 1. The number of amides is 3. The summed E-state index contributed by atoms with van der Waals surface area (Å²) in [6, 6.07) is 12.4. The minimum atomic E-state index is -1.08. The molecule has 3 amide bonds. The largest absolute Gasteiger partial charge is 0.491 e. The molecule has 1 unspecified atom stereocenters. The van der Waals surface area contributed by atoms with Crippen LogP contribution in [0.2, 0.25) is 5.02 Å². The van der Waals surface area contributed by atoms with Crippen molar-refractivity contribution in [2.45, 2.75) is 50.8 Å². The summed E-state index contributed by atoms with van der Waals surface area (Å²) in [5.41, 5.74) is 1.30. The maximum atomic E-state index is 13.1. The summed E-state index contributed by atoms with van der Waals surface area (Å²) in [6.45, 7) is 7.37. The van der Waals surface area contributed by atoms with Gasteiger partial charge in [-0.05, 0) is 74.2 Å². The molecule has 1 atom stereocenters. The van der Waals surface area contributed by atoms with Crippen LogP contribution in [-0.4, -0.2) is 141 Å². The van der Waals surface area contributed by atoms with Gasteiger partial charge in [0.1, 0.15) is 29.5 Å². The van der Waals surface area contributed by atoms with E-state index in [2.05, 4.69) is 20.5 Å².